The maximum atomic E-state index is 4.50. The van der Waals surface area contributed by atoms with Crippen molar-refractivity contribution in [3.05, 3.63) is 17.6 Å². The van der Waals surface area contributed by atoms with Crippen molar-refractivity contribution >= 4 is 5.82 Å². The molecule has 88 valence electrons. The number of rotatable bonds is 2. The smallest absolute Gasteiger partial charge is 0.145 e. The summed E-state index contributed by atoms with van der Waals surface area (Å²) in [6, 6.07) is 0.509. The van der Waals surface area contributed by atoms with Crippen molar-refractivity contribution in [2.75, 3.05) is 25.5 Å². The Morgan fingerprint density at radius 3 is 2.88 bits per heavy atom. The van der Waals surface area contributed by atoms with Crippen LogP contribution in [-0.4, -0.2) is 41.0 Å². The molecule has 2 rings (SSSR count). The highest BCUT2D eigenvalue weighted by Gasteiger charge is 2.17. The largest absolute Gasteiger partial charge is 0.365 e. The van der Waals surface area contributed by atoms with Gasteiger partial charge in [0.1, 0.15) is 5.82 Å². The molecule has 2 heterocycles. The molecular formula is C12H20N4. The third-order valence-corrected chi connectivity index (χ3v) is 3.17. The van der Waals surface area contributed by atoms with Gasteiger partial charge in [-0.2, -0.15) is 0 Å². The first-order chi connectivity index (χ1) is 7.65. The lowest BCUT2D eigenvalue weighted by molar-refractivity contribution is 0.260. The number of aromatic nitrogens is 2. The Balaban J connectivity index is 2.00. The average molecular weight is 220 g/mol. The van der Waals surface area contributed by atoms with Gasteiger partial charge in [0.15, 0.2) is 0 Å². The summed E-state index contributed by atoms with van der Waals surface area (Å²) in [6.07, 6.45) is 4.31. The first-order valence-corrected chi connectivity index (χ1v) is 5.90. The lowest BCUT2D eigenvalue weighted by Crippen LogP contribution is -2.39. The third-order valence-electron chi connectivity index (χ3n) is 3.17. The van der Waals surface area contributed by atoms with Crippen LogP contribution in [0.2, 0.25) is 0 Å². The fraction of sp³-hybridized carbons (Fsp3) is 0.667. The summed E-state index contributed by atoms with van der Waals surface area (Å²) < 4.78 is 0. The van der Waals surface area contributed by atoms with Gasteiger partial charge in [0.2, 0.25) is 0 Å². The fourth-order valence-corrected chi connectivity index (χ4v) is 2.10. The predicted molar refractivity (Wildman–Crippen MR) is 65.6 cm³/mol. The number of aryl methyl sites for hydroxylation is 2. The Hall–Kier alpha value is -1.16. The molecule has 0 aliphatic carbocycles. The Bertz CT molecular complexity index is 364. The molecule has 0 radical (unpaired) electrons. The molecule has 0 bridgehead atoms. The normalized spacial score (nSPS) is 22.1. The van der Waals surface area contributed by atoms with Gasteiger partial charge in [0, 0.05) is 12.6 Å². The van der Waals surface area contributed by atoms with Gasteiger partial charge >= 0.3 is 0 Å². The van der Waals surface area contributed by atoms with E-state index >= 15 is 0 Å². The third kappa shape index (κ3) is 2.70. The van der Waals surface area contributed by atoms with Crippen molar-refractivity contribution in [1.29, 1.82) is 0 Å². The van der Waals surface area contributed by atoms with E-state index in [4.69, 9.17) is 0 Å². The van der Waals surface area contributed by atoms with Crippen LogP contribution in [0.4, 0.5) is 5.82 Å². The molecule has 1 N–H and O–H groups in total. The summed E-state index contributed by atoms with van der Waals surface area (Å²) in [5.74, 6) is 0.906. The van der Waals surface area contributed by atoms with E-state index in [0.717, 1.165) is 23.8 Å². The van der Waals surface area contributed by atoms with Gasteiger partial charge in [-0.3, -0.25) is 4.98 Å². The highest BCUT2D eigenvalue weighted by Crippen LogP contribution is 2.13. The van der Waals surface area contributed by atoms with Crippen LogP contribution >= 0.6 is 0 Å². The Morgan fingerprint density at radius 1 is 1.38 bits per heavy atom. The minimum Gasteiger partial charge on any atom is -0.365 e. The van der Waals surface area contributed by atoms with Gasteiger partial charge in [-0.05, 0) is 40.3 Å². The van der Waals surface area contributed by atoms with Crippen LogP contribution in [0.5, 0.6) is 0 Å². The van der Waals surface area contributed by atoms with E-state index in [-0.39, 0.29) is 0 Å². The monoisotopic (exact) mass is 220 g/mol. The molecule has 0 aromatic carbocycles. The van der Waals surface area contributed by atoms with Crippen molar-refractivity contribution in [2.45, 2.75) is 32.7 Å². The molecule has 0 spiro atoms. The SMILES string of the molecule is Cc1ncc(NC2CCCN(C)C2)nc1C. The molecule has 1 aliphatic heterocycles. The van der Waals surface area contributed by atoms with Crippen LogP contribution in [0.15, 0.2) is 6.20 Å². The average Bonchev–Trinajstić information content (AvgIpc) is 2.24. The molecule has 1 aliphatic rings. The zero-order valence-electron chi connectivity index (χ0n) is 10.3. The van der Waals surface area contributed by atoms with E-state index in [1.165, 1.54) is 19.4 Å². The van der Waals surface area contributed by atoms with Gasteiger partial charge in [0.25, 0.3) is 0 Å². The second-order valence-electron chi connectivity index (χ2n) is 4.67. The number of nitrogens with one attached hydrogen (secondary N) is 1. The quantitative estimate of drug-likeness (QED) is 0.822. The Morgan fingerprint density at radius 2 is 2.19 bits per heavy atom. The molecule has 1 unspecified atom stereocenters. The van der Waals surface area contributed by atoms with E-state index < -0.39 is 0 Å². The van der Waals surface area contributed by atoms with Gasteiger partial charge < -0.3 is 10.2 Å². The van der Waals surface area contributed by atoms with Crippen LogP contribution in [-0.2, 0) is 0 Å². The molecule has 16 heavy (non-hydrogen) atoms. The molecule has 1 aromatic heterocycles. The Labute approximate surface area is 97.1 Å². The first-order valence-electron chi connectivity index (χ1n) is 5.90. The molecule has 0 saturated carbocycles. The molecule has 0 amide bonds. The van der Waals surface area contributed by atoms with Crippen molar-refractivity contribution in [3.63, 3.8) is 0 Å². The molecule has 1 fully saturated rings. The van der Waals surface area contributed by atoms with E-state index in [1.54, 1.807) is 0 Å². The highest BCUT2D eigenvalue weighted by atomic mass is 15.2. The van der Waals surface area contributed by atoms with Crippen molar-refractivity contribution in [3.8, 4) is 0 Å². The van der Waals surface area contributed by atoms with Crippen LogP contribution < -0.4 is 5.32 Å². The number of nitrogens with zero attached hydrogens (tertiary/aromatic N) is 3. The summed E-state index contributed by atoms with van der Waals surface area (Å²) in [6.45, 7) is 6.28. The highest BCUT2D eigenvalue weighted by molar-refractivity contribution is 5.34. The van der Waals surface area contributed by atoms with Crippen molar-refractivity contribution < 1.29 is 0 Å². The van der Waals surface area contributed by atoms with E-state index in [9.17, 15) is 0 Å². The lowest BCUT2D eigenvalue weighted by Gasteiger charge is -2.30. The summed E-state index contributed by atoms with van der Waals surface area (Å²) >= 11 is 0. The molecule has 1 saturated heterocycles. The van der Waals surface area contributed by atoms with Crippen LogP contribution in [0.25, 0.3) is 0 Å². The van der Waals surface area contributed by atoms with Crippen LogP contribution in [0, 0.1) is 13.8 Å². The van der Waals surface area contributed by atoms with Crippen molar-refractivity contribution in [2.24, 2.45) is 0 Å². The molecule has 4 heteroatoms. The van der Waals surface area contributed by atoms with Gasteiger partial charge in [0.05, 0.1) is 17.6 Å². The zero-order chi connectivity index (χ0) is 11.5. The number of hydrogen-bond donors (Lipinski definition) is 1. The summed E-state index contributed by atoms with van der Waals surface area (Å²) in [5.41, 5.74) is 2.01. The predicted octanol–water partition coefficient (Wildman–Crippen LogP) is 1.60. The summed E-state index contributed by atoms with van der Waals surface area (Å²) in [7, 11) is 2.17. The molecule has 4 nitrogen and oxygen atoms in total. The molecule has 1 aromatic rings. The zero-order valence-corrected chi connectivity index (χ0v) is 10.3. The fourth-order valence-electron chi connectivity index (χ4n) is 2.10. The maximum absolute atomic E-state index is 4.50. The van der Waals surface area contributed by atoms with Gasteiger partial charge in [-0.1, -0.05) is 0 Å². The minimum atomic E-state index is 0.509. The van der Waals surface area contributed by atoms with Crippen molar-refractivity contribution in [1.82, 2.24) is 14.9 Å². The number of hydrogen-bond acceptors (Lipinski definition) is 4. The Kier molecular flexibility index (Phi) is 3.39. The standard InChI is InChI=1S/C12H20N4/c1-9-10(2)14-12(7-13-9)15-11-5-4-6-16(3)8-11/h7,11H,4-6,8H2,1-3H3,(H,14,15). The van der Waals surface area contributed by atoms with Crippen LogP contribution in [0.3, 0.4) is 0 Å². The van der Waals surface area contributed by atoms with E-state index in [2.05, 4.69) is 27.2 Å². The maximum Gasteiger partial charge on any atom is 0.145 e. The summed E-state index contributed by atoms with van der Waals surface area (Å²) in [5, 5.41) is 3.46. The van der Waals surface area contributed by atoms with Crippen LogP contribution in [0.1, 0.15) is 24.2 Å². The van der Waals surface area contributed by atoms with E-state index in [1.807, 2.05) is 20.0 Å². The minimum absolute atomic E-state index is 0.509. The number of anilines is 1. The summed E-state index contributed by atoms with van der Waals surface area (Å²) in [4.78, 5) is 11.2. The first kappa shape index (κ1) is 11.3. The second-order valence-corrected chi connectivity index (χ2v) is 4.67. The molecular weight excluding hydrogens is 200 g/mol. The van der Waals surface area contributed by atoms with Gasteiger partial charge in [-0.15, -0.1) is 0 Å². The number of piperidine rings is 1. The second kappa shape index (κ2) is 4.78. The van der Waals surface area contributed by atoms with E-state index in [0.29, 0.717) is 6.04 Å². The lowest BCUT2D eigenvalue weighted by atomic mass is 10.1. The van der Waals surface area contributed by atoms with Gasteiger partial charge in [-0.25, -0.2) is 4.98 Å². The molecule has 1 atom stereocenters. The number of likely N-dealkylation sites (tertiary alicyclic amines) is 1. The topological polar surface area (TPSA) is 41.1 Å². The number of likely N-dealkylation sites (N-methyl/N-ethyl adjacent to an activating group) is 1.